The lowest BCUT2D eigenvalue weighted by Crippen LogP contribution is -2.32. The number of carbonyl (C=O) groups is 2. The Balaban J connectivity index is 1.98. The van der Waals surface area contributed by atoms with Crippen LogP contribution >= 0.6 is 0 Å². The number of aliphatic hydroxyl groups is 1. The number of aromatic nitrogens is 1. The first-order valence-electron chi connectivity index (χ1n) is 11.0. The van der Waals surface area contributed by atoms with E-state index in [2.05, 4.69) is 11.9 Å². The third-order valence-electron chi connectivity index (χ3n) is 5.46. The summed E-state index contributed by atoms with van der Waals surface area (Å²) in [6, 6.07) is 9.99. The van der Waals surface area contributed by atoms with Gasteiger partial charge in [0.2, 0.25) is 0 Å². The average Bonchev–Trinajstić information content (AvgIpc) is 3.04. The predicted octanol–water partition coefficient (Wildman–Crippen LogP) is 3.63. The molecule has 1 aromatic heterocycles. The molecule has 0 spiro atoms. The molecule has 1 fully saturated rings. The lowest BCUT2D eigenvalue weighted by molar-refractivity contribution is -0.139. The Morgan fingerprint density at radius 2 is 1.78 bits per heavy atom. The summed E-state index contributed by atoms with van der Waals surface area (Å²) in [5.41, 5.74) is 1.31. The van der Waals surface area contributed by atoms with Gasteiger partial charge in [-0.2, -0.15) is 0 Å². The van der Waals surface area contributed by atoms with Crippen molar-refractivity contribution in [2.75, 3.05) is 33.8 Å². The van der Waals surface area contributed by atoms with Crippen LogP contribution in [0.4, 0.5) is 0 Å². The van der Waals surface area contributed by atoms with Crippen LogP contribution in [0.25, 0.3) is 5.76 Å². The standard InChI is InChI=1S/C25H31N3O4/c1-4-5-17-32-20-9-7-18(8-10-20)22-21(23(29)19-11-13-26-14-12-19)24(30)25(31)28(22)16-6-15-27(2)3/h7-14,22,29H,4-6,15-17H2,1-3H3/b23-21+. The maximum absolute atomic E-state index is 13.0. The van der Waals surface area contributed by atoms with Gasteiger partial charge in [-0.15, -0.1) is 0 Å². The van der Waals surface area contributed by atoms with E-state index in [-0.39, 0.29) is 11.3 Å². The molecule has 1 N–H and O–H groups in total. The van der Waals surface area contributed by atoms with Crippen LogP contribution in [0.5, 0.6) is 5.75 Å². The van der Waals surface area contributed by atoms with Gasteiger partial charge in [-0.05, 0) is 63.3 Å². The van der Waals surface area contributed by atoms with Crippen LogP contribution in [-0.2, 0) is 9.59 Å². The topological polar surface area (TPSA) is 83.0 Å². The van der Waals surface area contributed by atoms with E-state index in [9.17, 15) is 14.7 Å². The Morgan fingerprint density at radius 3 is 2.41 bits per heavy atom. The molecular weight excluding hydrogens is 406 g/mol. The quantitative estimate of drug-likeness (QED) is 0.265. The van der Waals surface area contributed by atoms with Crippen LogP contribution in [0.1, 0.15) is 43.4 Å². The highest BCUT2D eigenvalue weighted by molar-refractivity contribution is 6.46. The number of Topliss-reactive ketones (excluding diaryl/α,β-unsaturated/α-hetero) is 1. The smallest absolute Gasteiger partial charge is 0.295 e. The van der Waals surface area contributed by atoms with Gasteiger partial charge in [0.05, 0.1) is 18.2 Å². The van der Waals surface area contributed by atoms with Crippen molar-refractivity contribution in [3.8, 4) is 5.75 Å². The fourth-order valence-corrected chi connectivity index (χ4v) is 3.76. The van der Waals surface area contributed by atoms with Gasteiger partial charge < -0.3 is 19.6 Å². The number of carbonyl (C=O) groups excluding carboxylic acids is 2. The number of amides is 1. The number of benzene rings is 1. The minimum absolute atomic E-state index is 0.103. The van der Waals surface area contributed by atoms with Gasteiger partial charge in [-0.25, -0.2) is 0 Å². The van der Waals surface area contributed by atoms with E-state index in [1.165, 1.54) is 0 Å². The van der Waals surface area contributed by atoms with Crippen LogP contribution < -0.4 is 4.74 Å². The van der Waals surface area contributed by atoms with Crippen molar-refractivity contribution in [1.82, 2.24) is 14.8 Å². The zero-order valence-corrected chi connectivity index (χ0v) is 19.0. The number of pyridine rings is 1. The summed E-state index contributed by atoms with van der Waals surface area (Å²) in [4.78, 5) is 33.5. The maximum Gasteiger partial charge on any atom is 0.295 e. The fourth-order valence-electron chi connectivity index (χ4n) is 3.76. The first-order valence-corrected chi connectivity index (χ1v) is 11.0. The van der Waals surface area contributed by atoms with E-state index in [1.54, 1.807) is 29.4 Å². The number of hydrogen-bond acceptors (Lipinski definition) is 6. The van der Waals surface area contributed by atoms with E-state index in [1.807, 2.05) is 43.3 Å². The van der Waals surface area contributed by atoms with Gasteiger partial charge >= 0.3 is 0 Å². The Bertz CT molecular complexity index is 955. The molecule has 0 bridgehead atoms. The molecule has 170 valence electrons. The lowest BCUT2D eigenvalue weighted by Gasteiger charge is -2.26. The summed E-state index contributed by atoms with van der Waals surface area (Å²) >= 11 is 0. The second-order valence-electron chi connectivity index (χ2n) is 8.16. The molecule has 7 nitrogen and oxygen atoms in total. The molecule has 1 saturated heterocycles. The van der Waals surface area contributed by atoms with E-state index < -0.39 is 17.7 Å². The van der Waals surface area contributed by atoms with Crippen molar-refractivity contribution in [2.45, 2.75) is 32.2 Å². The molecule has 1 amide bonds. The van der Waals surface area contributed by atoms with Crippen molar-refractivity contribution < 1.29 is 19.4 Å². The third kappa shape index (κ3) is 5.34. The monoisotopic (exact) mass is 437 g/mol. The molecule has 2 aromatic rings. The second-order valence-corrected chi connectivity index (χ2v) is 8.16. The SMILES string of the molecule is CCCCOc1ccc(C2/C(=C(\O)c3ccncc3)C(=O)C(=O)N2CCCN(C)C)cc1. The Hall–Kier alpha value is -3.19. The van der Waals surface area contributed by atoms with Crippen LogP contribution in [0, 0.1) is 0 Å². The summed E-state index contributed by atoms with van der Waals surface area (Å²) in [6.07, 6.45) is 5.82. The Morgan fingerprint density at radius 1 is 1.09 bits per heavy atom. The van der Waals surface area contributed by atoms with Crippen molar-refractivity contribution in [3.05, 3.63) is 65.5 Å². The van der Waals surface area contributed by atoms with Crippen molar-refractivity contribution in [1.29, 1.82) is 0 Å². The summed E-state index contributed by atoms with van der Waals surface area (Å²) in [7, 11) is 3.93. The highest BCUT2D eigenvalue weighted by atomic mass is 16.5. The van der Waals surface area contributed by atoms with E-state index >= 15 is 0 Å². The number of ketones is 1. The molecule has 0 radical (unpaired) electrons. The summed E-state index contributed by atoms with van der Waals surface area (Å²) < 4.78 is 5.75. The predicted molar refractivity (Wildman–Crippen MR) is 123 cm³/mol. The molecular formula is C25H31N3O4. The first kappa shape index (κ1) is 23.5. The summed E-state index contributed by atoms with van der Waals surface area (Å²) in [5.74, 6) is -0.708. The zero-order valence-electron chi connectivity index (χ0n) is 19.0. The third-order valence-corrected chi connectivity index (χ3v) is 5.46. The molecule has 1 atom stereocenters. The average molecular weight is 438 g/mol. The molecule has 1 aromatic carbocycles. The van der Waals surface area contributed by atoms with Crippen molar-refractivity contribution in [2.24, 2.45) is 0 Å². The molecule has 0 saturated carbocycles. The van der Waals surface area contributed by atoms with Crippen molar-refractivity contribution in [3.63, 3.8) is 0 Å². The Kier molecular flexibility index (Phi) is 8.00. The van der Waals surface area contributed by atoms with Gasteiger partial charge in [-0.1, -0.05) is 25.5 Å². The maximum atomic E-state index is 13.0. The number of likely N-dealkylation sites (tertiary alicyclic amines) is 1. The number of nitrogens with zero attached hydrogens (tertiary/aromatic N) is 3. The summed E-state index contributed by atoms with van der Waals surface area (Å²) in [6.45, 7) is 3.94. The first-order chi connectivity index (χ1) is 15.4. The molecule has 1 aliphatic rings. The van der Waals surface area contributed by atoms with Crippen LogP contribution in [0.2, 0.25) is 0 Å². The van der Waals surface area contributed by atoms with Crippen molar-refractivity contribution >= 4 is 17.4 Å². The minimum Gasteiger partial charge on any atom is -0.507 e. The summed E-state index contributed by atoms with van der Waals surface area (Å²) in [5, 5.41) is 11.0. The van der Waals surface area contributed by atoms with Gasteiger partial charge in [0.1, 0.15) is 11.5 Å². The van der Waals surface area contributed by atoms with Crippen LogP contribution in [0.3, 0.4) is 0 Å². The van der Waals surface area contributed by atoms with Gasteiger partial charge in [0.25, 0.3) is 11.7 Å². The van der Waals surface area contributed by atoms with Gasteiger partial charge in [0.15, 0.2) is 0 Å². The molecule has 7 heteroatoms. The van der Waals surface area contributed by atoms with E-state index in [0.29, 0.717) is 25.1 Å². The van der Waals surface area contributed by atoms with Crippen LogP contribution in [-0.4, -0.2) is 65.4 Å². The molecule has 32 heavy (non-hydrogen) atoms. The molecule has 1 unspecified atom stereocenters. The molecule has 0 aliphatic carbocycles. The minimum atomic E-state index is -0.669. The second kappa shape index (κ2) is 10.9. The number of unbranched alkanes of at least 4 members (excludes halogenated alkanes) is 1. The molecule has 1 aliphatic heterocycles. The molecule has 2 heterocycles. The van der Waals surface area contributed by atoms with E-state index in [0.717, 1.165) is 30.7 Å². The lowest BCUT2D eigenvalue weighted by atomic mass is 9.95. The number of ether oxygens (including phenoxy) is 1. The normalized spacial score (nSPS) is 17.9. The highest BCUT2D eigenvalue weighted by Crippen LogP contribution is 2.39. The largest absolute Gasteiger partial charge is 0.507 e. The van der Waals surface area contributed by atoms with Crippen LogP contribution in [0.15, 0.2) is 54.4 Å². The van der Waals surface area contributed by atoms with E-state index in [4.69, 9.17) is 4.74 Å². The van der Waals surface area contributed by atoms with Gasteiger partial charge in [-0.3, -0.25) is 14.6 Å². The fraction of sp³-hybridized carbons (Fsp3) is 0.400. The zero-order chi connectivity index (χ0) is 23.1. The van der Waals surface area contributed by atoms with Gasteiger partial charge in [0, 0.05) is 24.5 Å². The number of rotatable bonds is 10. The highest BCUT2D eigenvalue weighted by Gasteiger charge is 2.45. The Labute approximate surface area is 189 Å². The number of hydrogen-bond donors (Lipinski definition) is 1. The number of aliphatic hydroxyl groups excluding tert-OH is 1. The molecule has 3 rings (SSSR count).